The van der Waals surface area contributed by atoms with Crippen LogP contribution in [0, 0.1) is 26.2 Å². The van der Waals surface area contributed by atoms with E-state index < -0.39 is 0 Å². The third kappa shape index (κ3) is 3.32. The molecule has 0 aliphatic heterocycles. The molecule has 0 aromatic heterocycles. The molecular formula is C14H20N2O2. The number of ether oxygens (including phenoxy) is 1. The molecule has 0 amide bonds. The summed E-state index contributed by atoms with van der Waals surface area (Å²) in [6, 6.07) is 4.14. The van der Waals surface area contributed by atoms with Gasteiger partial charge in [0.1, 0.15) is 0 Å². The topological polar surface area (TPSA) is 54.7 Å². The van der Waals surface area contributed by atoms with Crippen molar-refractivity contribution in [1.29, 1.82) is 5.41 Å². The summed E-state index contributed by atoms with van der Waals surface area (Å²) in [6.07, 6.45) is 0.506. The molecule has 0 bridgehead atoms. The van der Waals surface area contributed by atoms with Crippen LogP contribution in [0.15, 0.2) is 17.3 Å². The van der Waals surface area contributed by atoms with Gasteiger partial charge in [0, 0.05) is 12.0 Å². The van der Waals surface area contributed by atoms with Crippen LogP contribution in [0.2, 0.25) is 0 Å². The molecule has 98 valence electrons. The van der Waals surface area contributed by atoms with Crippen molar-refractivity contribution < 1.29 is 9.57 Å². The second-order valence-electron chi connectivity index (χ2n) is 4.24. The first-order chi connectivity index (χ1) is 8.49. The fourth-order valence-corrected chi connectivity index (χ4v) is 1.86. The zero-order valence-corrected chi connectivity index (χ0v) is 11.6. The molecule has 0 spiro atoms. The van der Waals surface area contributed by atoms with Crippen molar-refractivity contribution in [2.45, 2.75) is 34.1 Å². The predicted molar refractivity (Wildman–Crippen MR) is 73.3 cm³/mol. The fourth-order valence-electron chi connectivity index (χ4n) is 1.86. The Kier molecular flexibility index (Phi) is 4.89. The van der Waals surface area contributed by atoms with Crippen molar-refractivity contribution in [2.75, 3.05) is 7.11 Å². The highest BCUT2D eigenvalue weighted by molar-refractivity contribution is 5.97. The Morgan fingerprint density at radius 2 is 1.78 bits per heavy atom. The van der Waals surface area contributed by atoms with Crippen molar-refractivity contribution in [3.8, 4) is 0 Å². The molecule has 0 saturated heterocycles. The van der Waals surface area contributed by atoms with Gasteiger partial charge in [0.2, 0.25) is 5.90 Å². The lowest BCUT2D eigenvalue weighted by Crippen LogP contribution is -2.10. The van der Waals surface area contributed by atoms with Crippen LogP contribution in [0.25, 0.3) is 0 Å². The Morgan fingerprint density at radius 3 is 2.22 bits per heavy atom. The van der Waals surface area contributed by atoms with Crippen LogP contribution in [0.1, 0.15) is 35.6 Å². The number of nitrogens with zero attached hydrogens (tertiary/aromatic N) is 1. The van der Waals surface area contributed by atoms with Gasteiger partial charge in [0.05, 0.1) is 7.11 Å². The number of aryl methyl sites for hydroxylation is 3. The number of benzene rings is 1. The number of methoxy groups -OCH3 is 1. The van der Waals surface area contributed by atoms with Crippen LogP contribution < -0.4 is 0 Å². The monoisotopic (exact) mass is 248 g/mol. The summed E-state index contributed by atoms with van der Waals surface area (Å²) in [6.45, 7) is 7.91. The minimum Gasteiger partial charge on any atom is -0.478 e. The first-order valence-electron chi connectivity index (χ1n) is 5.94. The normalized spacial score (nSPS) is 11.3. The Labute approximate surface area is 108 Å². The van der Waals surface area contributed by atoms with Gasteiger partial charge < -0.3 is 9.57 Å². The first-order valence-corrected chi connectivity index (χ1v) is 5.94. The summed E-state index contributed by atoms with van der Waals surface area (Å²) in [5.74, 6) is 0.523. The Balaban J connectivity index is 3.13. The van der Waals surface area contributed by atoms with Crippen molar-refractivity contribution in [3.63, 3.8) is 0 Å². The van der Waals surface area contributed by atoms with Crippen LogP contribution in [-0.2, 0) is 9.57 Å². The molecule has 0 unspecified atom stereocenters. The summed E-state index contributed by atoms with van der Waals surface area (Å²) in [5.41, 5.74) is 4.29. The van der Waals surface area contributed by atoms with Gasteiger partial charge in [0.15, 0.2) is 0 Å². The summed E-state index contributed by atoms with van der Waals surface area (Å²) in [5, 5.41) is 11.3. The van der Waals surface area contributed by atoms with Crippen molar-refractivity contribution in [3.05, 3.63) is 34.4 Å². The maximum Gasteiger partial charge on any atom is 0.258 e. The van der Waals surface area contributed by atoms with Gasteiger partial charge in [-0.05, 0) is 37.1 Å². The van der Waals surface area contributed by atoms with E-state index in [9.17, 15) is 0 Å². The molecule has 0 saturated carbocycles. The minimum absolute atomic E-state index is 0.118. The summed E-state index contributed by atoms with van der Waals surface area (Å²) in [4.78, 5) is 4.99. The number of rotatable bonds is 3. The van der Waals surface area contributed by atoms with Crippen LogP contribution in [-0.4, -0.2) is 18.9 Å². The highest BCUT2D eigenvalue weighted by Gasteiger charge is 2.12. The van der Waals surface area contributed by atoms with E-state index in [0.29, 0.717) is 12.3 Å². The molecule has 1 aromatic carbocycles. The maximum atomic E-state index is 7.42. The van der Waals surface area contributed by atoms with Crippen LogP contribution in [0.4, 0.5) is 0 Å². The highest BCUT2D eigenvalue weighted by Crippen LogP contribution is 2.18. The number of hydrogen-bond donors (Lipinski definition) is 1. The van der Waals surface area contributed by atoms with Gasteiger partial charge in [-0.25, -0.2) is 0 Å². The third-order valence-electron chi connectivity index (χ3n) is 2.64. The van der Waals surface area contributed by atoms with Gasteiger partial charge in [-0.3, -0.25) is 5.41 Å². The molecule has 4 heteroatoms. The lowest BCUT2D eigenvalue weighted by Gasteiger charge is -2.12. The molecule has 0 heterocycles. The standard InChI is InChI=1S/C14H20N2O2/c1-6-12(15)18-16-14(17-5)13-10(3)7-9(2)8-11(13)4/h7-8,15H,6H2,1-5H3/b15-12?,16-14-. The van der Waals surface area contributed by atoms with Gasteiger partial charge >= 0.3 is 0 Å². The minimum atomic E-state index is 0.118. The molecule has 0 radical (unpaired) electrons. The van der Waals surface area contributed by atoms with Crippen molar-refractivity contribution in [2.24, 2.45) is 5.16 Å². The lowest BCUT2D eigenvalue weighted by molar-refractivity contribution is 0.287. The molecule has 1 N–H and O–H groups in total. The van der Waals surface area contributed by atoms with Crippen LogP contribution in [0.3, 0.4) is 0 Å². The molecule has 0 fully saturated rings. The summed E-state index contributed by atoms with van der Waals surface area (Å²) in [7, 11) is 1.55. The van der Waals surface area contributed by atoms with Crippen LogP contribution in [0.5, 0.6) is 0 Å². The Morgan fingerprint density at radius 1 is 1.22 bits per heavy atom. The van der Waals surface area contributed by atoms with E-state index in [1.807, 2.05) is 20.8 Å². The SMILES string of the molecule is CCC(=N)O/N=C(\OC)c1c(C)cc(C)cc1C. The molecule has 0 aliphatic rings. The van der Waals surface area contributed by atoms with Gasteiger partial charge in [-0.1, -0.05) is 24.6 Å². The molecule has 4 nitrogen and oxygen atoms in total. The summed E-state index contributed by atoms with van der Waals surface area (Å²) >= 11 is 0. The third-order valence-corrected chi connectivity index (χ3v) is 2.64. The number of oxime groups is 1. The molecular weight excluding hydrogens is 228 g/mol. The largest absolute Gasteiger partial charge is 0.478 e. The number of hydrogen-bond acceptors (Lipinski definition) is 4. The van der Waals surface area contributed by atoms with Crippen molar-refractivity contribution in [1.82, 2.24) is 0 Å². The molecule has 0 atom stereocenters. The molecule has 0 aliphatic carbocycles. The molecule has 18 heavy (non-hydrogen) atoms. The van der Waals surface area contributed by atoms with E-state index in [0.717, 1.165) is 16.7 Å². The quantitative estimate of drug-likeness (QED) is 0.507. The Hall–Kier alpha value is -1.84. The lowest BCUT2D eigenvalue weighted by atomic mass is 10.00. The average Bonchev–Trinajstić information content (AvgIpc) is 2.31. The van der Waals surface area contributed by atoms with E-state index >= 15 is 0 Å². The predicted octanol–water partition coefficient (Wildman–Crippen LogP) is 3.32. The molecule has 1 aromatic rings. The van der Waals surface area contributed by atoms with Gasteiger partial charge in [-0.2, -0.15) is 0 Å². The van der Waals surface area contributed by atoms with E-state index in [1.165, 1.54) is 5.56 Å². The average molecular weight is 248 g/mol. The van der Waals surface area contributed by atoms with Gasteiger partial charge in [0.25, 0.3) is 5.90 Å². The van der Waals surface area contributed by atoms with Crippen LogP contribution >= 0.6 is 0 Å². The second-order valence-corrected chi connectivity index (χ2v) is 4.24. The van der Waals surface area contributed by atoms with E-state index in [2.05, 4.69) is 24.2 Å². The van der Waals surface area contributed by atoms with E-state index in [-0.39, 0.29) is 5.90 Å². The molecule has 1 rings (SSSR count). The second kappa shape index (κ2) is 6.19. The van der Waals surface area contributed by atoms with Gasteiger partial charge in [-0.15, -0.1) is 0 Å². The maximum absolute atomic E-state index is 7.42. The Bertz CT molecular complexity index is 456. The first kappa shape index (κ1) is 14.2. The van der Waals surface area contributed by atoms with E-state index in [1.54, 1.807) is 7.11 Å². The van der Waals surface area contributed by atoms with E-state index in [4.69, 9.17) is 15.0 Å². The zero-order chi connectivity index (χ0) is 13.7. The fraction of sp³-hybridized carbons (Fsp3) is 0.429. The highest BCUT2D eigenvalue weighted by atomic mass is 16.7. The summed E-state index contributed by atoms with van der Waals surface area (Å²) < 4.78 is 5.26. The number of nitrogens with one attached hydrogen (secondary N) is 1. The van der Waals surface area contributed by atoms with Crippen molar-refractivity contribution >= 4 is 11.8 Å². The zero-order valence-electron chi connectivity index (χ0n) is 11.6. The smallest absolute Gasteiger partial charge is 0.258 e.